The van der Waals surface area contributed by atoms with Crippen LogP contribution in [0.1, 0.15) is 11.1 Å². The summed E-state index contributed by atoms with van der Waals surface area (Å²) in [4.78, 5) is 0. The molecule has 1 N–H and O–H groups in total. The van der Waals surface area contributed by atoms with Crippen molar-refractivity contribution in [2.45, 2.75) is 13.5 Å². The van der Waals surface area contributed by atoms with Gasteiger partial charge >= 0.3 is 0 Å². The topological polar surface area (TPSA) is 12.0 Å². The van der Waals surface area contributed by atoms with E-state index in [9.17, 15) is 0 Å². The van der Waals surface area contributed by atoms with Crippen LogP contribution in [0.25, 0.3) is 0 Å². The van der Waals surface area contributed by atoms with Crippen molar-refractivity contribution in [3.05, 3.63) is 62.0 Å². The first kappa shape index (κ1) is 13.7. The molecule has 0 saturated heterocycles. The van der Waals surface area contributed by atoms with Gasteiger partial charge in [0.1, 0.15) is 0 Å². The van der Waals surface area contributed by atoms with Crippen LogP contribution in [0.4, 0.5) is 5.69 Å². The summed E-state index contributed by atoms with van der Waals surface area (Å²) >= 11 is 15.5. The lowest BCUT2D eigenvalue weighted by Crippen LogP contribution is -2.00. The first-order valence-electron chi connectivity index (χ1n) is 5.50. The van der Waals surface area contributed by atoms with E-state index in [-0.39, 0.29) is 0 Å². The highest BCUT2D eigenvalue weighted by Gasteiger charge is 2.04. The standard InChI is InChI=1S/C14H12BrCl2N/c1-9-6-12(15)14(7-13(9)17)18-8-10-2-4-11(16)5-3-10/h2-7,18H,8H2,1H3. The molecule has 2 aromatic carbocycles. The quantitative estimate of drug-likeness (QED) is 0.755. The van der Waals surface area contributed by atoms with Gasteiger partial charge in [-0.05, 0) is 58.2 Å². The highest BCUT2D eigenvalue weighted by atomic mass is 79.9. The summed E-state index contributed by atoms with van der Waals surface area (Å²) in [6.45, 7) is 2.71. The lowest BCUT2D eigenvalue weighted by atomic mass is 10.2. The van der Waals surface area contributed by atoms with Crippen LogP contribution in [0.15, 0.2) is 40.9 Å². The lowest BCUT2D eigenvalue weighted by molar-refractivity contribution is 1.14. The van der Waals surface area contributed by atoms with Crippen molar-refractivity contribution < 1.29 is 0 Å². The summed E-state index contributed by atoms with van der Waals surface area (Å²) < 4.78 is 1.01. The fourth-order valence-corrected chi connectivity index (χ4v) is 2.47. The Morgan fingerprint density at radius 2 is 1.78 bits per heavy atom. The number of anilines is 1. The third-order valence-electron chi connectivity index (χ3n) is 2.64. The summed E-state index contributed by atoms with van der Waals surface area (Å²) in [5.41, 5.74) is 3.21. The molecule has 0 aromatic heterocycles. The Morgan fingerprint density at radius 3 is 2.44 bits per heavy atom. The minimum absolute atomic E-state index is 0.731. The summed E-state index contributed by atoms with van der Waals surface area (Å²) in [5, 5.41) is 4.85. The molecule has 0 spiro atoms. The van der Waals surface area contributed by atoms with Crippen molar-refractivity contribution in [2.75, 3.05) is 5.32 Å². The molecule has 0 fully saturated rings. The Balaban J connectivity index is 2.10. The van der Waals surface area contributed by atoms with Crippen LogP contribution in [-0.4, -0.2) is 0 Å². The number of rotatable bonds is 3. The molecule has 94 valence electrons. The highest BCUT2D eigenvalue weighted by molar-refractivity contribution is 9.10. The van der Waals surface area contributed by atoms with Gasteiger partial charge in [-0.15, -0.1) is 0 Å². The SMILES string of the molecule is Cc1cc(Br)c(NCc2ccc(Cl)cc2)cc1Cl. The van der Waals surface area contributed by atoms with Gasteiger partial charge in [0, 0.05) is 21.1 Å². The second kappa shape index (κ2) is 5.96. The van der Waals surface area contributed by atoms with Crippen molar-refractivity contribution in [2.24, 2.45) is 0 Å². The average molecular weight is 345 g/mol. The van der Waals surface area contributed by atoms with Gasteiger partial charge in [0.05, 0.1) is 5.69 Å². The van der Waals surface area contributed by atoms with E-state index in [4.69, 9.17) is 23.2 Å². The maximum Gasteiger partial charge on any atom is 0.0502 e. The van der Waals surface area contributed by atoms with Crippen molar-refractivity contribution >= 4 is 44.8 Å². The second-order valence-electron chi connectivity index (χ2n) is 4.06. The van der Waals surface area contributed by atoms with Crippen LogP contribution in [-0.2, 0) is 6.54 Å². The average Bonchev–Trinajstić information content (AvgIpc) is 2.34. The van der Waals surface area contributed by atoms with Crippen LogP contribution in [0.2, 0.25) is 10.0 Å². The maximum absolute atomic E-state index is 6.11. The smallest absolute Gasteiger partial charge is 0.0502 e. The molecule has 1 nitrogen and oxygen atoms in total. The monoisotopic (exact) mass is 343 g/mol. The van der Waals surface area contributed by atoms with Crippen LogP contribution >= 0.6 is 39.1 Å². The van der Waals surface area contributed by atoms with Crippen molar-refractivity contribution in [1.29, 1.82) is 0 Å². The number of hydrogen-bond acceptors (Lipinski definition) is 1. The molecule has 0 aliphatic carbocycles. The minimum atomic E-state index is 0.731. The lowest BCUT2D eigenvalue weighted by Gasteiger charge is -2.10. The van der Waals surface area contributed by atoms with Crippen molar-refractivity contribution in [1.82, 2.24) is 0 Å². The van der Waals surface area contributed by atoms with E-state index in [0.717, 1.165) is 32.3 Å². The zero-order chi connectivity index (χ0) is 13.1. The molecule has 0 saturated carbocycles. The Labute approximate surface area is 125 Å². The molecular weight excluding hydrogens is 333 g/mol. The number of aryl methyl sites for hydroxylation is 1. The molecular formula is C14H12BrCl2N. The summed E-state index contributed by atoms with van der Waals surface area (Å²) in [6, 6.07) is 11.7. The van der Waals surface area contributed by atoms with Gasteiger partial charge in [-0.2, -0.15) is 0 Å². The van der Waals surface area contributed by atoms with Crippen LogP contribution < -0.4 is 5.32 Å². The molecule has 0 radical (unpaired) electrons. The van der Waals surface area contributed by atoms with E-state index in [0.29, 0.717) is 0 Å². The zero-order valence-corrected chi connectivity index (χ0v) is 12.9. The summed E-state index contributed by atoms with van der Waals surface area (Å²) in [7, 11) is 0. The number of nitrogens with one attached hydrogen (secondary N) is 1. The predicted molar refractivity (Wildman–Crippen MR) is 82.7 cm³/mol. The summed E-state index contributed by atoms with van der Waals surface area (Å²) in [5.74, 6) is 0. The number of hydrogen-bond donors (Lipinski definition) is 1. The number of halogens is 3. The first-order chi connectivity index (χ1) is 8.56. The number of benzene rings is 2. The summed E-state index contributed by atoms with van der Waals surface area (Å²) in [6.07, 6.45) is 0. The van der Waals surface area contributed by atoms with Gasteiger partial charge < -0.3 is 5.32 Å². The third-order valence-corrected chi connectivity index (χ3v) is 3.96. The first-order valence-corrected chi connectivity index (χ1v) is 7.05. The normalized spacial score (nSPS) is 10.4. The highest BCUT2D eigenvalue weighted by Crippen LogP contribution is 2.29. The van der Waals surface area contributed by atoms with E-state index < -0.39 is 0 Å². The van der Waals surface area contributed by atoms with Gasteiger partial charge in [-0.25, -0.2) is 0 Å². The molecule has 4 heteroatoms. The molecule has 0 unspecified atom stereocenters. The van der Waals surface area contributed by atoms with E-state index in [1.54, 1.807) is 0 Å². The van der Waals surface area contributed by atoms with E-state index in [1.165, 1.54) is 5.56 Å². The molecule has 2 aromatic rings. The second-order valence-corrected chi connectivity index (χ2v) is 5.76. The van der Waals surface area contributed by atoms with E-state index >= 15 is 0 Å². The fraction of sp³-hybridized carbons (Fsp3) is 0.143. The minimum Gasteiger partial charge on any atom is -0.380 e. The van der Waals surface area contributed by atoms with Crippen molar-refractivity contribution in [3.8, 4) is 0 Å². The van der Waals surface area contributed by atoms with Gasteiger partial charge in [-0.1, -0.05) is 35.3 Å². The largest absolute Gasteiger partial charge is 0.380 e. The molecule has 0 aliphatic rings. The van der Waals surface area contributed by atoms with Crippen molar-refractivity contribution in [3.63, 3.8) is 0 Å². The fourth-order valence-electron chi connectivity index (χ4n) is 1.58. The van der Waals surface area contributed by atoms with Gasteiger partial charge in [0.25, 0.3) is 0 Å². The van der Waals surface area contributed by atoms with E-state index in [2.05, 4.69) is 21.2 Å². The Bertz CT molecular complexity index is 552. The van der Waals surface area contributed by atoms with Crippen LogP contribution in [0.5, 0.6) is 0 Å². The Morgan fingerprint density at radius 1 is 1.11 bits per heavy atom. The Hall–Kier alpha value is -0.700. The van der Waals surface area contributed by atoms with Gasteiger partial charge in [0.2, 0.25) is 0 Å². The predicted octanol–water partition coefficient (Wildman–Crippen LogP) is 5.68. The molecule has 18 heavy (non-hydrogen) atoms. The molecule has 0 heterocycles. The Kier molecular flexibility index (Phi) is 4.55. The molecule has 2 rings (SSSR count). The third kappa shape index (κ3) is 3.41. The van der Waals surface area contributed by atoms with Gasteiger partial charge in [-0.3, -0.25) is 0 Å². The zero-order valence-electron chi connectivity index (χ0n) is 9.81. The van der Waals surface area contributed by atoms with Gasteiger partial charge in [0.15, 0.2) is 0 Å². The molecule has 0 aliphatic heterocycles. The van der Waals surface area contributed by atoms with Crippen LogP contribution in [0.3, 0.4) is 0 Å². The van der Waals surface area contributed by atoms with E-state index in [1.807, 2.05) is 43.3 Å². The molecule has 0 atom stereocenters. The van der Waals surface area contributed by atoms with Crippen LogP contribution in [0, 0.1) is 6.92 Å². The molecule has 0 amide bonds. The maximum atomic E-state index is 6.11. The molecule has 0 bridgehead atoms.